The number of benzene rings is 2. The summed E-state index contributed by atoms with van der Waals surface area (Å²) < 4.78 is 20.0. The molecule has 0 aliphatic carbocycles. The number of halogens is 2. The topological polar surface area (TPSA) is 59.1 Å². The first kappa shape index (κ1) is 14.5. The normalized spacial score (nSPS) is 10.4. The van der Waals surface area contributed by atoms with Gasteiger partial charge in [0.15, 0.2) is 11.6 Å². The Balaban J connectivity index is 2.42. The van der Waals surface area contributed by atoms with Gasteiger partial charge in [-0.15, -0.1) is 0 Å². The van der Waals surface area contributed by atoms with Crippen LogP contribution < -0.4 is 10.5 Å². The first-order chi connectivity index (χ1) is 9.41. The maximum absolute atomic E-state index is 14.2. The van der Waals surface area contributed by atoms with Gasteiger partial charge >= 0.3 is 0 Å². The van der Waals surface area contributed by atoms with Crippen LogP contribution in [0, 0.1) is 25.1 Å². The Morgan fingerprint density at radius 2 is 1.90 bits per heavy atom. The van der Waals surface area contributed by atoms with Gasteiger partial charge in [-0.1, -0.05) is 12.1 Å². The summed E-state index contributed by atoms with van der Waals surface area (Å²) in [6, 6.07) is 8.63. The van der Waals surface area contributed by atoms with Crippen LogP contribution in [0.25, 0.3) is 0 Å². The van der Waals surface area contributed by atoms with E-state index in [1.807, 2.05) is 26.0 Å². The van der Waals surface area contributed by atoms with Crippen molar-refractivity contribution in [1.29, 1.82) is 5.41 Å². The largest absolute Gasteiger partial charge is 0.454 e. The second-order valence-corrected chi connectivity index (χ2v) is 5.25. The lowest BCUT2D eigenvalue weighted by atomic mass is 10.1. The monoisotopic (exact) mass is 336 g/mol. The van der Waals surface area contributed by atoms with Gasteiger partial charge in [-0.25, -0.2) is 4.39 Å². The van der Waals surface area contributed by atoms with E-state index in [1.54, 1.807) is 12.1 Å². The summed E-state index contributed by atoms with van der Waals surface area (Å²) in [7, 11) is 0. The van der Waals surface area contributed by atoms with Crippen molar-refractivity contribution < 1.29 is 9.13 Å². The van der Waals surface area contributed by atoms with E-state index >= 15 is 0 Å². The van der Waals surface area contributed by atoms with Crippen LogP contribution in [0.3, 0.4) is 0 Å². The lowest BCUT2D eigenvalue weighted by molar-refractivity contribution is 0.437. The summed E-state index contributed by atoms with van der Waals surface area (Å²) >= 11 is 3.10. The fraction of sp³-hybridized carbons (Fsp3) is 0.133. The molecule has 0 aromatic heterocycles. The van der Waals surface area contributed by atoms with Crippen molar-refractivity contribution in [2.24, 2.45) is 5.73 Å². The molecule has 0 aliphatic rings. The van der Waals surface area contributed by atoms with E-state index in [1.165, 1.54) is 6.07 Å². The number of nitrogens with one attached hydrogen (secondary N) is 1. The molecule has 5 heteroatoms. The van der Waals surface area contributed by atoms with Gasteiger partial charge < -0.3 is 10.5 Å². The van der Waals surface area contributed by atoms with Gasteiger partial charge in [0.1, 0.15) is 11.6 Å². The van der Waals surface area contributed by atoms with Crippen molar-refractivity contribution in [3.63, 3.8) is 0 Å². The van der Waals surface area contributed by atoms with Crippen LogP contribution >= 0.6 is 15.9 Å². The zero-order chi connectivity index (χ0) is 14.9. The van der Waals surface area contributed by atoms with Crippen LogP contribution in [-0.2, 0) is 0 Å². The van der Waals surface area contributed by atoms with Crippen LogP contribution in [0.4, 0.5) is 4.39 Å². The molecule has 2 aromatic carbocycles. The van der Waals surface area contributed by atoms with Crippen molar-refractivity contribution >= 4 is 21.8 Å². The first-order valence-corrected chi connectivity index (χ1v) is 6.77. The fourth-order valence-corrected chi connectivity index (χ4v) is 2.31. The predicted octanol–water partition coefficient (Wildman–Crippen LogP) is 4.28. The highest BCUT2D eigenvalue weighted by molar-refractivity contribution is 9.10. The van der Waals surface area contributed by atoms with E-state index in [4.69, 9.17) is 15.9 Å². The summed E-state index contributed by atoms with van der Waals surface area (Å²) in [5, 5.41) is 7.37. The molecule has 0 aliphatic heterocycles. The lowest BCUT2D eigenvalue weighted by Crippen LogP contribution is -2.12. The van der Waals surface area contributed by atoms with Gasteiger partial charge in [-0.3, -0.25) is 5.41 Å². The highest BCUT2D eigenvalue weighted by Crippen LogP contribution is 2.33. The van der Waals surface area contributed by atoms with Crippen LogP contribution in [-0.4, -0.2) is 5.84 Å². The minimum atomic E-state index is -0.571. The van der Waals surface area contributed by atoms with Crippen molar-refractivity contribution in [3.8, 4) is 11.5 Å². The van der Waals surface area contributed by atoms with E-state index in [0.717, 1.165) is 11.1 Å². The molecule has 0 radical (unpaired) electrons. The van der Waals surface area contributed by atoms with Gasteiger partial charge in [0.25, 0.3) is 0 Å². The molecule has 0 amide bonds. The molecule has 3 nitrogen and oxygen atoms in total. The zero-order valence-corrected chi connectivity index (χ0v) is 12.7. The number of ether oxygens (including phenoxy) is 1. The molecule has 0 bridgehead atoms. The van der Waals surface area contributed by atoms with Crippen LogP contribution in [0.15, 0.2) is 34.8 Å². The summed E-state index contributed by atoms with van der Waals surface area (Å²) in [5.41, 5.74) is 7.71. The number of nitrogens with two attached hydrogens (primary N) is 1. The Kier molecular flexibility index (Phi) is 4.09. The molecule has 0 saturated carbocycles. The van der Waals surface area contributed by atoms with Crippen molar-refractivity contribution in [1.82, 2.24) is 0 Å². The predicted molar refractivity (Wildman–Crippen MR) is 81.1 cm³/mol. The van der Waals surface area contributed by atoms with Crippen molar-refractivity contribution in [3.05, 3.63) is 57.3 Å². The molecule has 104 valence electrons. The van der Waals surface area contributed by atoms with Gasteiger partial charge in [0.2, 0.25) is 0 Å². The number of rotatable bonds is 3. The third-order valence-corrected chi connectivity index (χ3v) is 3.89. The van der Waals surface area contributed by atoms with Crippen LogP contribution in [0.2, 0.25) is 0 Å². The Labute approximate surface area is 125 Å². The zero-order valence-electron chi connectivity index (χ0n) is 11.1. The fourth-order valence-electron chi connectivity index (χ4n) is 1.77. The minimum absolute atomic E-state index is 0.0931. The SMILES string of the molecule is Cc1cccc(Oc2ccc(C(=N)N)c(Br)c2F)c1C. The van der Waals surface area contributed by atoms with Crippen LogP contribution in [0.5, 0.6) is 11.5 Å². The third kappa shape index (κ3) is 2.67. The summed E-state index contributed by atoms with van der Waals surface area (Å²) in [4.78, 5) is 0. The molecule has 3 N–H and O–H groups in total. The van der Waals surface area contributed by atoms with Crippen molar-refractivity contribution in [2.45, 2.75) is 13.8 Å². The second kappa shape index (κ2) is 5.63. The van der Waals surface area contributed by atoms with Gasteiger partial charge in [-0.2, -0.15) is 0 Å². The van der Waals surface area contributed by atoms with E-state index in [0.29, 0.717) is 11.3 Å². The molecule has 2 rings (SSSR count). The number of aryl methyl sites for hydroxylation is 1. The molecule has 0 heterocycles. The minimum Gasteiger partial charge on any atom is -0.454 e. The molecular weight excluding hydrogens is 323 g/mol. The lowest BCUT2D eigenvalue weighted by Gasteiger charge is -2.13. The Bertz CT molecular complexity index is 686. The molecular formula is C15H14BrFN2O. The third-order valence-electron chi connectivity index (χ3n) is 3.11. The quantitative estimate of drug-likeness (QED) is 0.649. The Morgan fingerprint density at radius 3 is 2.55 bits per heavy atom. The summed E-state index contributed by atoms with van der Waals surface area (Å²) in [6.07, 6.45) is 0. The van der Waals surface area contributed by atoms with Gasteiger partial charge in [0, 0.05) is 5.56 Å². The number of hydrogen-bond acceptors (Lipinski definition) is 2. The maximum atomic E-state index is 14.2. The van der Waals surface area contributed by atoms with E-state index in [9.17, 15) is 4.39 Å². The molecule has 0 fully saturated rings. The number of nitrogen functional groups attached to an aromatic ring is 1. The van der Waals surface area contributed by atoms with E-state index < -0.39 is 5.82 Å². The molecule has 0 spiro atoms. The Morgan fingerprint density at radius 1 is 1.20 bits per heavy atom. The van der Waals surface area contributed by atoms with Crippen LogP contribution in [0.1, 0.15) is 16.7 Å². The molecule has 20 heavy (non-hydrogen) atoms. The molecule has 0 atom stereocenters. The maximum Gasteiger partial charge on any atom is 0.180 e. The average Bonchev–Trinajstić information content (AvgIpc) is 2.40. The molecule has 2 aromatic rings. The number of amidine groups is 1. The highest BCUT2D eigenvalue weighted by atomic mass is 79.9. The Hall–Kier alpha value is -1.88. The van der Waals surface area contributed by atoms with E-state index in [2.05, 4.69) is 15.9 Å². The average molecular weight is 337 g/mol. The molecule has 0 unspecified atom stereocenters. The highest BCUT2D eigenvalue weighted by Gasteiger charge is 2.15. The van der Waals surface area contributed by atoms with E-state index in [-0.39, 0.29) is 16.1 Å². The molecule has 0 saturated heterocycles. The first-order valence-electron chi connectivity index (χ1n) is 5.98. The summed E-state index contributed by atoms with van der Waals surface area (Å²) in [6.45, 7) is 3.88. The number of hydrogen-bond donors (Lipinski definition) is 2. The van der Waals surface area contributed by atoms with Gasteiger partial charge in [0.05, 0.1) is 4.47 Å². The second-order valence-electron chi connectivity index (χ2n) is 4.45. The smallest absolute Gasteiger partial charge is 0.180 e. The van der Waals surface area contributed by atoms with Gasteiger partial charge in [-0.05, 0) is 59.1 Å². The standard InChI is InChI=1S/C15H14BrFN2O/c1-8-4-3-5-11(9(8)2)20-12-7-6-10(15(18)19)13(16)14(12)17/h3-7H,1-2H3,(H3,18,19). The summed E-state index contributed by atoms with van der Waals surface area (Å²) in [5.74, 6) is -0.0744. The van der Waals surface area contributed by atoms with Crippen molar-refractivity contribution in [2.75, 3.05) is 0 Å².